The van der Waals surface area contributed by atoms with Crippen molar-refractivity contribution in [2.75, 3.05) is 0 Å². The van der Waals surface area contributed by atoms with E-state index in [0.717, 1.165) is 26.2 Å². The second-order valence-electron chi connectivity index (χ2n) is 10.1. The molecule has 2 fully saturated rings. The van der Waals surface area contributed by atoms with Gasteiger partial charge in [-0.2, -0.15) is 0 Å². The van der Waals surface area contributed by atoms with E-state index in [9.17, 15) is 0 Å². The van der Waals surface area contributed by atoms with E-state index in [1.807, 2.05) is 0 Å². The number of aryl methyl sites for hydroxylation is 2. The molecule has 4 nitrogen and oxygen atoms in total. The van der Waals surface area contributed by atoms with Crippen LogP contribution in [-0.4, -0.2) is 9.13 Å². The molecule has 7 heteroatoms. The van der Waals surface area contributed by atoms with Crippen LogP contribution in [0.3, 0.4) is 0 Å². The van der Waals surface area contributed by atoms with Crippen LogP contribution in [0.4, 0.5) is 0 Å². The van der Waals surface area contributed by atoms with E-state index in [4.69, 9.17) is 0 Å². The molecular formula is C34H40FeI2N4+2. The van der Waals surface area contributed by atoms with Crippen LogP contribution in [0, 0.1) is 63.2 Å². The maximum absolute atomic E-state index is 2.38. The van der Waals surface area contributed by atoms with Crippen LogP contribution in [-0.2, 0) is 43.2 Å². The summed E-state index contributed by atoms with van der Waals surface area (Å²) in [5, 5.41) is 0. The third-order valence-electron chi connectivity index (χ3n) is 7.23. The van der Waals surface area contributed by atoms with Gasteiger partial charge >= 0.3 is 17.1 Å². The Labute approximate surface area is 293 Å². The Morgan fingerprint density at radius 2 is 0.927 bits per heavy atom. The molecule has 10 radical (unpaired) electrons. The number of hydrogen-bond donors (Lipinski definition) is 0. The van der Waals surface area contributed by atoms with Gasteiger partial charge in [0.25, 0.3) is 0 Å². The van der Waals surface area contributed by atoms with Crippen molar-refractivity contribution < 1.29 is 74.2 Å². The van der Waals surface area contributed by atoms with E-state index in [1.165, 1.54) is 59.6 Å². The molecule has 4 aromatic rings. The summed E-state index contributed by atoms with van der Waals surface area (Å²) in [7, 11) is 0. The largest absolute Gasteiger partial charge is 2.00 e. The standard InChI is InChI=1S/2C17H20N2.Fe.2HI/c2*1-2-3-12-18-14-19(13-15-8-4-5-9-15)17-11-7-6-10-16(17)18;;;/h2*4-11,14H,2-3,12-13H2,1H3;;2*1H/q2*+1;+2;;/p-2. The molecule has 0 unspecified atom stereocenters. The van der Waals surface area contributed by atoms with Gasteiger partial charge in [-0.05, 0) is 88.5 Å². The van der Waals surface area contributed by atoms with Crippen molar-refractivity contribution in [2.45, 2.75) is 65.7 Å². The molecule has 2 aliphatic rings. The topological polar surface area (TPSA) is 17.6 Å². The summed E-state index contributed by atoms with van der Waals surface area (Å²) >= 11 is 0. The van der Waals surface area contributed by atoms with E-state index < -0.39 is 0 Å². The molecule has 0 amide bonds. The summed E-state index contributed by atoms with van der Waals surface area (Å²) < 4.78 is 9.45. The molecule has 2 heterocycles. The molecule has 0 saturated heterocycles. The smallest absolute Gasteiger partial charge is 1.00 e. The van der Waals surface area contributed by atoms with Crippen LogP contribution < -0.4 is 57.1 Å². The summed E-state index contributed by atoms with van der Waals surface area (Å²) in [6.45, 7) is 8.59. The number of para-hydroxylation sites is 4. The van der Waals surface area contributed by atoms with Crippen molar-refractivity contribution in [2.24, 2.45) is 0 Å². The van der Waals surface area contributed by atoms with Crippen molar-refractivity contribution in [3.05, 3.63) is 124 Å². The number of fused-ring (bicyclic) bond motifs is 2. The Balaban J connectivity index is 0.000000267. The first-order chi connectivity index (χ1) is 18.8. The van der Waals surface area contributed by atoms with E-state index in [1.54, 1.807) is 0 Å². The molecule has 216 valence electrons. The quantitative estimate of drug-likeness (QED) is 0.125. The zero-order valence-electron chi connectivity index (χ0n) is 23.9. The normalized spacial score (nSPS) is 15.3. The third-order valence-corrected chi connectivity index (χ3v) is 7.23. The van der Waals surface area contributed by atoms with Gasteiger partial charge < -0.3 is 48.0 Å². The average molecular weight is 814 g/mol. The minimum Gasteiger partial charge on any atom is -1.00 e. The van der Waals surface area contributed by atoms with Crippen LogP contribution in [0.2, 0.25) is 0 Å². The zero-order valence-corrected chi connectivity index (χ0v) is 29.4. The molecule has 6 rings (SSSR count). The fraction of sp³-hybridized carbons (Fsp3) is 0.294. The van der Waals surface area contributed by atoms with Crippen LogP contribution in [0.25, 0.3) is 22.1 Å². The van der Waals surface area contributed by atoms with Crippen molar-refractivity contribution in [1.82, 2.24) is 9.13 Å². The van der Waals surface area contributed by atoms with Gasteiger partial charge in [-0.1, -0.05) is 51.0 Å². The monoisotopic (exact) mass is 814 g/mol. The molecular weight excluding hydrogens is 774 g/mol. The van der Waals surface area contributed by atoms with Crippen LogP contribution in [0.1, 0.15) is 39.5 Å². The number of rotatable bonds is 10. The molecule has 2 aliphatic carbocycles. The van der Waals surface area contributed by atoms with Crippen LogP contribution >= 0.6 is 0 Å². The minimum absolute atomic E-state index is 0. The molecule has 2 saturated carbocycles. The van der Waals surface area contributed by atoms with Crippen LogP contribution in [0.15, 0.2) is 61.2 Å². The van der Waals surface area contributed by atoms with Gasteiger partial charge in [0.2, 0.25) is 12.7 Å². The molecule has 0 atom stereocenters. The van der Waals surface area contributed by atoms with E-state index >= 15 is 0 Å². The molecule has 0 bridgehead atoms. The third kappa shape index (κ3) is 9.67. The number of nitrogens with zero attached hydrogens (tertiary/aromatic N) is 4. The first-order valence-electron chi connectivity index (χ1n) is 14.1. The van der Waals surface area contributed by atoms with Crippen molar-refractivity contribution >= 4 is 22.1 Å². The molecule has 41 heavy (non-hydrogen) atoms. The summed E-state index contributed by atoms with van der Waals surface area (Å²) in [4.78, 5) is 0. The second-order valence-corrected chi connectivity index (χ2v) is 10.1. The van der Waals surface area contributed by atoms with E-state index in [2.05, 4.69) is 145 Å². The Hall–Kier alpha value is -0.641. The molecule has 2 aromatic heterocycles. The summed E-state index contributed by atoms with van der Waals surface area (Å²) in [6, 6.07) is 17.3. The Kier molecular flexibility index (Phi) is 16.8. The van der Waals surface area contributed by atoms with Crippen molar-refractivity contribution in [3.8, 4) is 0 Å². The van der Waals surface area contributed by atoms with E-state index in [0.29, 0.717) is 0 Å². The van der Waals surface area contributed by atoms with Gasteiger partial charge in [0, 0.05) is 11.8 Å². The number of aromatic nitrogens is 4. The minimum atomic E-state index is 0. The number of benzene rings is 2. The van der Waals surface area contributed by atoms with Crippen molar-refractivity contribution in [1.29, 1.82) is 0 Å². The number of imidazole rings is 2. The molecule has 0 spiro atoms. The summed E-state index contributed by atoms with van der Waals surface area (Å²) in [6.07, 6.45) is 26.6. The predicted molar refractivity (Wildman–Crippen MR) is 155 cm³/mol. The van der Waals surface area contributed by atoms with E-state index in [-0.39, 0.29) is 65.0 Å². The SMILES string of the molecule is CCCCn1c[n+](C[C]2[CH][CH][CH][CH]2)c2ccccc21.CCCCn1c[n+](C[C]2[CH][CH][CH][CH]2)c2ccccc21.[Fe+2].[I-].[I-]. The number of unbranched alkanes of at least 4 members (excludes halogenated alkanes) is 2. The molecule has 0 N–H and O–H groups in total. The Morgan fingerprint density at radius 3 is 1.29 bits per heavy atom. The zero-order chi connectivity index (χ0) is 26.2. The second kappa shape index (κ2) is 18.9. The average Bonchev–Trinajstić information content (AvgIpc) is 3.76. The van der Waals surface area contributed by atoms with Crippen molar-refractivity contribution in [3.63, 3.8) is 0 Å². The first-order valence-corrected chi connectivity index (χ1v) is 14.1. The fourth-order valence-electron chi connectivity index (χ4n) is 5.18. The maximum Gasteiger partial charge on any atom is 2.00 e. The fourth-order valence-corrected chi connectivity index (χ4v) is 5.18. The van der Waals surface area contributed by atoms with Gasteiger partial charge in [-0.3, -0.25) is 0 Å². The van der Waals surface area contributed by atoms with Gasteiger partial charge in [0.15, 0.2) is 22.1 Å². The molecule has 2 aromatic carbocycles. The number of halogens is 2. The summed E-state index contributed by atoms with van der Waals surface area (Å²) in [5.41, 5.74) is 5.31. The van der Waals surface area contributed by atoms with Gasteiger partial charge in [0.05, 0.1) is 26.2 Å². The van der Waals surface area contributed by atoms with Gasteiger partial charge in [0.1, 0.15) is 0 Å². The summed E-state index contributed by atoms with van der Waals surface area (Å²) in [5.74, 6) is 2.73. The Morgan fingerprint density at radius 1 is 0.561 bits per heavy atom. The van der Waals surface area contributed by atoms with Crippen LogP contribution in [0.5, 0.6) is 0 Å². The maximum atomic E-state index is 2.38. The van der Waals surface area contributed by atoms with Gasteiger partial charge in [-0.25, -0.2) is 18.3 Å². The number of hydrogen-bond acceptors (Lipinski definition) is 0. The predicted octanol–water partition coefficient (Wildman–Crippen LogP) is 0.274. The molecule has 0 aliphatic heterocycles. The Bertz CT molecular complexity index is 1190. The van der Waals surface area contributed by atoms with Gasteiger partial charge in [-0.15, -0.1) is 0 Å². The first kappa shape index (κ1) is 36.6.